The maximum atomic E-state index is 3.55. The lowest BCUT2D eigenvalue weighted by Crippen LogP contribution is -2.36. The summed E-state index contributed by atoms with van der Waals surface area (Å²) in [4.78, 5) is 5.59. The zero-order chi connectivity index (χ0) is 14.5. The highest BCUT2D eigenvalue weighted by molar-refractivity contribution is 7.99. The minimum atomic E-state index is 0.725. The Morgan fingerprint density at radius 1 is 1.45 bits per heavy atom. The standard InChI is InChI=1S/C16H28N2S2/c1-12(2)8-17-9-16-7-15(14(4)20-16)11-18-5-6-19-13(3)10-18/h7,12-13,17H,5-6,8-11H2,1-4H3. The predicted molar refractivity (Wildman–Crippen MR) is 92.8 cm³/mol. The number of hydrogen-bond donors (Lipinski definition) is 1. The van der Waals surface area contributed by atoms with Crippen molar-refractivity contribution < 1.29 is 0 Å². The quantitative estimate of drug-likeness (QED) is 0.861. The molecule has 0 aliphatic carbocycles. The number of thioether (sulfide) groups is 1. The molecule has 1 fully saturated rings. The van der Waals surface area contributed by atoms with Gasteiger partial charge in [0.2, 0.25) is 0 Å². The molecule has 0 radical (unpaired) electrons. The Morgan fingerprint density at radius 2 is 2.25 bits per heavy atom. The van der Waals surface area contributed by atoms with Crippen molar-refractivity contribution in [3.63, 3.8) is 0 Å². The molecule has 2 rings (SSSR count). The van der Waals surface area contributed by atoms with Crippen molar-refractivity contribution in [3.8, 4) is 0 Å². The van der Waals surface area contributed by atoms with Gasteiger partial charge in [0.05, 0.1) is 0 Å². The minimum absolute atomic E-state index is 0.725. The number of thiophene rings is 1. The van der Waals surface area contributed by atoms with E-state index in [2.05, 4.69) is 55.7 Å². The Hall–Kier alpha value is -0.0300. The van der Waals surface area contributed by atoms with Crippen LogP contribution in [-0.2, 0) is 13.1 Å². The average Bonchev–Trinajstić information content (AvgIpc) is 2.69. The largest absolute Gasteiger partial charge is 0.312 e. The molecule has 20 heavy (non-hydrogen) atoms. The third-order valence-electron chi connectivity index (χ3n) is 3.64. The van der Waals surface area contributed by atoms with Crippen LogP contribution in [0.15, 0.2) is 6.07 Å². The molecule has 0 saturated carbocycles. The SMILES string of the molecule is Cc1sc(CNCC(C)C)cc1CN1CCSC(C)C1. The minimum Gasteiger partial charge on any atom is -0.312 e. The first-order chi connectivity index (χ1) is 9.54. The van der Waals surface area contributed by atoms with E-state index in [1.807, 2.05) is 11.3 Å². The summed E-state index contributed by atoms with van der Waals surface area (Å²) in [5, 5.41) is 4.33. The summed E-state index contributed by atoms with van der Waals surface area (Å²) in [6.45, 7) is 14.9. The van der Waals surface area contributed by atoms with E-state index in [9.17, 15) is 0 Å². The topological polar surface area (TPSA) is 15.3 Å². The Kier molecular flexibility index (Phi) is 6.40. The lowest BCUT2D eigenvalue weighted by molar-refractivity contribution is 0.278. The van der Waals surface area contributed by atoms with Gasteiger partial charge in [0.1, 0.15) is 0 Å². The van der Waals surface area contributed by atoms with Crippen LogP contribution < -0.4 is 5.32 Å². The molecule has 2 nitrogen and oxygen atoms in total. The van der Waals surface area contributed by atoms with Crippen molar-refractivity contribution in [1.29, 1.82) is 0 Å². The summed E-state index contributed by atoms with van der Waals surface area (Å²) >= 11 is 4.07. The average molecular weight is 313 g/mol. The first-order valence-corrected chi connectivity index (χ1v) is 9.54. The van der Waals surface area contributed by atoms with Crippen molar-refractivity contribution in [2.45, 2.75) is 46.0 Å². The van der Waals surface area contributed by atoms with Gasteiger partial charge in [-0.15, -0.1) is 11.3 Å². The van der Waals surface area contributed by atoms with Gasteiger partial charge in [-0.1, -0.05) is 20.8 Å². The Bertz CT molecular complexity index is 415. The van der Waals surface area contributed by atoms with E-state index >= 15 is 0 Å². The van der Waals surface area contributed by atoms with Crippen LogP contribution in [0.4, 0.5) is 0 Å². The maximum Gasteiger partial charge on any atom is 0.0300 e. The summed E-state index contributed by atoms with van der Waals surface area (Å²) in [5.41, 5.74) is 1.54. The van der Waals surface area contributed by atoms with Gasteiger partial charge in [-0.05, 0) is 31.0 Å². The van der Waals surface area contributed by atoms with Crippen LogP contribution in [0.5, 0.6) is 0 Å². The zero-order valence-corrected chi connectivity index (χ0v) is 14.9. The van der Waals surface area contributed by atoms with Crippen LogP contribution in [0.2, 0.25) is 0 Å². The Balaban J connectivity index is 1.86. The third kappa shape index (κ3) is 5.06. The van der Waals surface area contributed by atoms with E-state index in [4.69, 9.17) is 0 Å². The summed E-state index contributed by atoms with van der Waals surface area (Å²) in [5.74, 6) is 2.01. The second-order valence-electron chi connectivity index (χ2n) is 6.24. The molecule has 1 atom stereocenters. The van der Waals surface area contributed by atoms with Crippen molar-refractivity contribution in [2.75, 3.05) is 25.4 Å². The van der Waals surface area contributed by atoms with Gasteiger partial charge in [-0.2, -0.15) is 11.8 Å². The van der Waals surface area contributed by atoms with Crippen molar-refractivity contribution >= 4 is 23.1 Å². The highest BCUT2D eigenvalue weighted by Crippen LogP contribution is 2.25. The van der Waals surface area contributed by atoms with E-state index in [0.717, 1.165) is 30.8 Å². The molecule has 114 valence electrons. The summed E-state index contributed by atoms with van der Waals surface area (Å²) in [7, 11) is 0. The monoisotopic (exact) mass is 312 g/mol. The van der Waals surface area contributed by atoms with E-state index in [1.165, 1.54) is 34.2 Å². The molecule has 0 amide bonds. The lowest BCUT2D eigenvalue weighted by atomic mass is 10.2. The van der Waals surface area contributed by atoms with Crippen LogP contribution >= 0.6 is 23.1 Å². The highest BCUT2D eigenvalue weighted by atomic mass is 32.2. The van der Waals surface area contributed by atoms with Gasteiger partial charge in [-0.3, -0.25) is 4.90 Å². The van der Waals surface area contributed by atoms with Gasteiger partial charge in [-0.25, -0.2) is 0 Å². The number of hydrogen-bond acceptors (Lipinski definition) is 4. The maximum absolute atomic E-state index is 3.55. The molecule has 1 unspecified atom stereocenters. The van der Waals surface area contributed by atoms with Gasteiger partial charge >= 0.3 is 0 Å². The number of aryl methyl sites for hydroxylation is 1. The molecule has 0 spiro atoms. The Morgan fingerprint density at radius 3 is 2.95 bits per heavy atom. The van der Waals surface area contributed by atoms with E-state index in [-0.39, 0.29) is 0 Å². The van der Waals surface area contributed by atoms with Crippen LogP contribution in [0.25, 0.3) is 0 Å². The molecule has 1 saturated heterocycles. The molecule has 1 aliphatic heterocycles. The molecule has 2 heterocycles. The van der Waals surface area contributed by atoms with Crippen molar-refractivity contribution in [2.24, 2.45) is 5.92 Å². The van der Waals surface area contributed by atoms with Gasteiger partial charge in [0.25, 0.3) is 0 Å². The summed E-state index contributed by atoms with van der Waals surface area (Å²) in [6.07, 6.45) is 0. The first kappa shape index (κ1) is 16.3. The third-order valence-corrected chi connectivity index (χ3v) is 5.87. The second kappa shape index (κ2) is 7.83. The molecule has 0 aromatic carbocycles. The van der Waals surface area contributed by atoms with E-state index in [0.29, 0.717) is 0 Å². The molecular weight excluding hydrogens is 284 g/mol. The molecule has 1 N–H and O–H groups in total. The first-order valence-electron chi connectivity index (χ1n) is 7.67. The summed E-state index contributed by atoms with van der Waals surface area (Å²) < 4.78 is 0. The van der Waals surface area contributed by atoms with Crippen LogP contribution in [0.1, 0.15) is 36.1 Å². The van der Waals surface area contributed by atoms with Crippen LogP contribution in [-0.4, -0.2) is 35.5 Å². The predicted octanol–water partition coefficient (Wildman–Crippen LogP) is 3.74. The summed E-state index contributed by atoms with van der Waals surface area (Å²) in [6, 6.07) is 2.42. The zero-order valence-electron chi connectivity index (χ0n) is 13.2. The highest BCUT2D eigenvalue weighted by Gasteiger charge is 2.18. The second-order valence-corrected chi connectivity index (χ2v) is 9.12. The molecule has 0 bridgehead atoms. The number of nitrogens with one attached hydrogen (secondary N) is 1. The van der Waals surface area contributed by atoms with Gasteiger partial charge in [0, 0.05) is 46.9 Å². The molecule has 1 aromatic heterocycles. The van der Waals surface area contributed by atoms with Crippen LogP contribution in [0.3, 0.4) is 0 Å². The van der Waals surface area contributed by atoms with Gasteiger partial charge in [0.15, 0.2) is 0 Å². The number of rotatable bonds is 6. The fourth-order valence-corrected chi connectivity index (χ4v) is 4.70. The fourth-order valence-electron chi connectivity index (χ4n) is 2.59. The number of nitrogens with zero attached hydrogens (tertiary/aromatic N) is 1. The van der Waals surface area contributed by atoms with Gasteiger partial charge < -0.3 is 5.32 Å². The van der Waals surface area contributed by atoms with Crippen molar-refractivity contribution in [3.05, 3.63) is 21.4 Å². The van der Waals surface area contributed by atoms with E-state index < -0.39 is 0 Å². The van der Waals surface area contributed by atoms with Crippen LogP contribution in [0, 0.1) is 12.8 Å². The normalized spacial score (nSPS) is 20.8. The smallest absolute Gasteiger partial charge is 0.0300 e. The molecule has 1 aromatic rings. The molecule has 1 aliphatic rings. The van der Waals surface area contributed by atoms with E-state index in [1.54, 1.807) is 0 Å². The lowest BCUT2D eigenvalue weighted by Gasteiger charge is -2.30. The fraction of sp³-hybridized carbons (Fsp3) is 0.750. The molecule has 4 heteroatoms. The molecular formula is C16H28N2S2. The van der Waals surface area contributed by atoms with Crippen molar-refractivity contribution in [1.82, 2.24) is 10.2 Å². The Labute approximate surface area is 132 Å².